The minimum atomic E-state index is -1.55. The number of carbonyl (C=O) groups excluding carboxylic acids is 1. The van der Waals surface area contributed by atoms with Crippen molar-refractivity contribution in [1.29, 1.82) is 0 Å². The van der Waals surface area contributed by atoms with E-state index in [9.17, 15) is 4.79 Å². The van der Waals surface area contributed by atoms with Crippen LogP contribution in [0.25, 0.3) is 5.57 Å². The number of hydrogen-bond acceptors (Lipinski definition) is 6. The van der Waals surface area contributed by atoms with Gasteiger partial charge in [-0.25, -0.2) is 18.0 Å². The summed E-state index contributed by atoms with van der Waals surface area (Å²) in [5.74, 6) is -1.86. The van der Waals surface area contributed by atoms with Crippen LogP contribution in [-0.4, -0.2) is 47.3 Å². The fourth-order valence-electron chi connectivity index (χ4n) is 5.98. The molecule has 1 aliphatic heterocycles. The van der Waals surface area contributed by atoms with E-state index in [1.54, 1.807) is 25.3 Å². The lowest BCUT2D eigenvalue weighted by molar-refractivity contribution is -0.148. The summed E-state index contributed by atoms with van der Waals surface area (Å²) < 4.78 is 62.7. The van der Waals surface area contributed by atoms with Crippen LogP contribution in [0.2, 0.25) is 0 Å². The lowest BCUT2D eigenvalue weighted by Crippen LogP contribution is -2.47. The van der Waals surface area contributed by atoms with Gasteiger partial charge in [-0.3, -0.25) is 9.88 Å². The van der Waals surface area contributed by atoms with Gasteiger partial charge < -0.3 is 14.2 Å². The molecule has 1 aliphatic carbocycles. The molecule has 2 aliphatic rings. The van der Waals surface area contributed by atoms with Gasteiger partial charge in [-0.05, 0) is 68.9 Å². The van der Waals surface area contributed by atoms with Gasteiger partial charge in [-0.1, -0.05) is 30.3 Å². The third-order valence-corrected chi connectivity index (χ3v) is 7.79. The Morgan fingerprint density at radius 3 is 2.51 bits per heavy atom. The topological polar surface area (TPSA) is 60.9 Å². The lowest BCUT2D eigenvalue weighted by atomic mass is 9.84. The monoisotopic (exact) mass is 594 g/mol. The number of rotatable bonds is 11. The molecule has 228 valence electrons. The highest BCUT2D eigenvalue weighted by atomic mass is 19.1. The Morgan fingerprint density at radius 2 is 1.84 bits per heavy atom. The quantitative estimate of drug-likeness (QED) is 0.225. The maximum absolute atomic E-state index is 15.9. The van der Waals surface area contributed by atoms with Crippen LogP contribution in [0.15, 0.2) is 60.3 Å². The molecule has 0 spiro atoms. The van der Waals surface area contributed by atoms with Gasteiger partial charge in [0.1, 0.15) is 36.3 Å². The van der Waals surface area contributed by atoms with E-state index in [0.717, 1.165) is 22.3 Å². The van der Waals surface area contributed by atoms with Crippen molar-refractivity contribution in [2.45, 2.75) is 71.5 Å². The Balaban J connectivity index is 1.34. The minimum absolute atomic E-state index is 0.0416. The molecule has 3 aromatic rings. The third kappa shape index (κ3) is 7.11. The molecule has 0 fully saturated rings. The number of pyridine rings is 1. The molecular formula is C34H37F3N2O4. The maximum atomic E-state index is 15.9. The van der Waals surface area contributed by atoms with Crippen LogP contribution in [0.3, 0.4) is 0 Å². The molecular weight excluding hydrogens is 557 g/mol. The molecule has 0 radical (unpaired) electrons. The second-order valence-corrected chi connectivity index (χ2v) is 11.7. The van der Waals surface area contributed by atoms with Crippen LogP contribution in [0.5, 0.6) is 5.75 Å². The smallest absolute Gasteiger partial charge is 0.332 e. The van der Waals surface area contributed by atoms with Crippen LogP contribution in [0.1, 0.15) is 68.1 Å². The van der Waals surface area contributed by atoms with Crippen molar-refractivity contribution >= 4 is 11.5 Å². The molecule has 2 atom stereocenters. The van der Waals surface area contributed by atoms with E-state index < -0.39 is 29.3 Å². The maximum Gasteiger partial charge on any atom is 0.332 e. The highest BCUT2D eigenvalue weighted by Crippen LogP contribution is 2.50. The molecule has 2 heterocycles. The van der Waals surface area contributed by atoms with Crippen LogP contribution in [0.4, 0.5) is 13.2 Å². The number of alkyl halides is 1. The molecule has 0 saturated carbocycles. The van der Waals surface area contributed by atoms with Crippen LogP contribution in [-0.2, 0) is 33.9 Å². The van der Waals surface area contributed by atoms with Gasteiger partial charge in [-0.2, -0.15) is 0 Å². The molecule has 6 nitrogen and oxygen atoms in total. The number of fused-ring (bicyclic) bond motifs is 2. The van der Waals surface area contributed by atoms with E-state index in [1.807, 2.05) is 30.0 Å². The van der Waals surface area contributed by atoms with Crippen molar-refractivity contribution in [3.05, 3.63) is 99.9 Å². The van der Waals surface area contributed by atoms with Crippen molar-refractivity contribution < 1.29 is 32.2 Å². The van der Waals surface area contributed by atoms with Crippen LogP contribution < -0.4 is 4.74 Å². The summed E-state index contributed by atoms with van der Waals surface area (Å²) >= 11 is 0. The average molecular weight is 595 g/mol. The van der Waals surface area contributed by atoms with Gasteiger partial charge in [0.15, 0.2) is 0 Å². The van der Waals surface area contributed by atoms with E-state index in [0.29, 0.717) is 24.1 Å². The number of benzene rings is 2. The summed E-state index contributed by atoms with van der Waals surface area (Å²) in [6, 6.07) is 13.1. The summed E-state index contributed by atoms with van der Waals surface area (Å²) in [7, 11) is 0. The van der Waals surface area contributed by atoms with Gasteiger partial charge >= 0.3 is 5.97 Å². The molecule has 1 aromatic heterocycles. The zero-order valence-electron chi connectivity index (χ0n) is 25.0. The van der Waals surface area contributed by atoms with Gasteiger partial charge in [0, 0.05) is 42.0 Å². The lowest BCUT2D eigenvalue weighted by Gasteiger charge is -2.44. The molecule has 0 amide bonds. The molecule has 0 bridgehead atoms. The molecule has 2 aromatic carbocycles. The highest BCUT2D eigenvalue weighted by molar-refractivity contribution is 5.79. The summed E-state index contributed by atoms with van der Waals surface area (Å²) in [6.07, 6.45) is 2.84. The first-order valence-electron chi connectivity index (χ1n) is 14.6. The molecule has 43 heavy (non-hydrogen) atoms. The van der Waals surface area contributed by atoms with Gasteiger partial charge in [0.05, 0.1) is 24.9 Å². The third-order valence-electron chi connectivity index (χ3n) is 7.79. The minimum Gasteiger partial charge on any atom is -0.489 e. The van der Waals surface area contributed by atoms with Crippen molar-refractivity contribution in [2.24, 2.45) is 0 Å². The van der Waals surface area contributed by atoms with Gasteiger partial charge in [0.25, 0.3) is 0 Å². The van der Waals surface area contributed by atoms with E-state index >= 15 is 13.2 Å². The first kappa shape index (κ1) is 30.8. The van der Waals surface area contributed by atoms with Crippen molar-refractivity contribution in [2.75, 3.05) is 19.8 Å². The first-order chi connectivity index (χ1) is 20.5. The van der Waals surface area contributed by atoms with Crippen molar-refractivity contribution in [3.8, 4) is 5.75 Å². The summed E-state index contributed by atoms with van der Waals surface area (Å²) in [4.78, 5) is 17.6. The molecule has 0 N–H and O–H groups in total. The second kappa shape index (κ2) is 12.9. The Hall–Kier alpha value is -3.69. The zero-order valence-corrected chi connectivity index (χ0v) is 25.0. The molecule has 5 rings (SSSR count). The number of nitrogens with zero attached hydrogens (tertiary/aromatic N) is 2. The van der Waals surface area contributed by atoms with Crippen LogP contribution in [0, 0.1) is 11.6 Å². The zero-order chi connectivity index (χ0) is 30.7. The highest BCUT2D eigenvalue weighted by Gasteiger charge is 2.43. The number of ether oxygens (including phenoxy) is 3. The second-order valence-electron chi connectivity index (χ2n) is 11.7. The predicted octanol–water partition coefficient (Wildman–Crippen LogP) is 6.91. The molecule has 0 saturated heterocycles. The Labute approximate surface area is 250 Å². The predicted molar refractivity (Wildman–Crippen MR) is 157 cm³/mol. The van der Waals surface area contributed by atoms with Crippen molar-refractivity contribution in [3.63, 3.8) is 0 Å². The Morgan fingerprint density at radius 1 is 1.09 bits per heavy atom. The van der Waals surface area contributed by atoms with E-state index in [-0.39, 0.29) is 50.3 Å². The van der Waals surface area contributed by atoms with Gasteiger partial charge in [0.2, 0.25) is 0 Å². The SMILES string of the molecule is CCOC(=O)COCc1ccc(COc2cc(F)c([C@@H]3C4=C(C[C@@H](C)N3CC(C)(C)F)c3ccccc3C4)c(F)c2)cn1. The van der Waals surface area contributed by atoms with E-state index in [4.69, 9.17) is 14.2 Å². The number of esters is 1. The normalized spacial score (nSPS) is 18.4. The fraction of sp³-hybridized carbons (Fsp3) is 0.412. The Kier molecular flexibility index (Phi) is 9.22. The van der Waals surface area contributed by atoms with E-state index in [2.05, 4.69) is 11.1 Å². The van der Waals surface area contributed by atoms with Crippen molar-refractivity contribution in [1.82, 2.24) is 9.88 Å². The summed E-state index contributed by atoms with van der Waals surface area (Å²) in [6.45, 7) is 7.04. The average Bonchev–Trinajstić information content (AvgIpc) is 3.31. The molecule has 9 heteroatoms. The standard InChI is InChI=1S/C34H37F3N2O4/c1-5-42-31(40)19-41-18-24-11-10-22(16-38-24)17-43-25-14-29(35)32(30(36)15-25)33-28-13-23-8-6-7-9-26(23)27(28)12-21(2)39(33)20-34(3,4)37/h6-11,14-16,21,33H,5,12-13,17-20H2,1-4H3/t21-,33+/m1/s1. The van der Waals surface area contributed by atoms with Crippen LogP contribution >= 0.6 is 0 Å². The Bertz CT molecular complexity index is 1480. The number of carbonyl (C=O) groups is 1. The van der Waals surface area contributed by atoms with E-state index in [1.165, 1.54) is 26.0 Å². The van der Waals surface area contributed by atoms with Gasteiger partial charge in [-0.15, -0.1) is 0 Å². The summed E-state index contributed by atoms with van der Waals surface area (Å²) in [5.41, 5.74) is 3.92. The number of halogens is 3. The fourth-order valence-corrected chi connectivity index (χ4v) is 5.98. The first-order valence-corrected chi connectivity index (χ1v) is 14.6. The summed E-state index contributed by atoms with van der Waals surface area (Å²) in [5, 5.41) is 0. The largest absolute Gasteiger partial charge is 0.489 e. The molecule has 0 unspecified atom stereocenters. The number of hydrogen-bond donors (Lipinski definition) is 0. The number of aromatic nitrogens is 1.